The highest BCUT2D eigenvalue weighted by molar-refractivity contribution is 7.81. The van der Waals surface area contributed by atoms with Gasteiger partial charge in [0.2, 0.25) is 0 Å². The predicted octanol–water partition coefficient (Wildman–Crippen LogP) is -4.32. The summed E-state index contributed by atoms with van der Waals surface area (Å²) < 4.78 is 0.337. The number of carboxylic acids is 2. The molecule has 0 aliphatic carbocycles. The van der Waals surface area contributed by atoms with Crippen molar-refractivity contribution in [3.8, 4) is 0 Å². The second kappa shape index (κ2) is 10.5. The third-order valence-corrected chi connectivity index (χ3v) is 4.56. The number of hydrogen-bond acceptors (Lipinski definition) is 9. The second-order valence-electron chi connectivity index (χ2n) is 9.26. The van der Waals surface area contributed by atoms with Gasteiger partial charge in [-0.25, -0.2) is 0 Å². The molecule has 5 atom stereocenters. The summed E-state index contributed by atoms with van der Waals surface area (Å²) in [7, 11) is 10.1. The number of carboxylic acid groups (broad SMARTS) is 2. The molecule has 2 N–H and O–H groups in total. The lowest BCUT2D eigenvalue weighted by atomic mass is 9.89. The van der Waals surface area contributed by atoms with Crippen molar-refractivity contribution in [2.75, 3.05) is 55.4 Å². The van der Waals surface area contributed by atoms with Crippen LogP contribution in [0.2, 0.25) is 0 Å². The van der Waals surface area contributed by atoms with E-state index in [4.69, 9.17) is 0 Å². The van der Waals surface area contributed by atoms with Gasteiger partial charge in [-0.3, -0.25) is 9.59 Å². The summed E-state index contributed by atoms with van der Waals surface area (Å²) in [4.78, 5) is 47.7. The van der Waals surface area contributed by atoms with Crippen LogP contribution in [0, 0.1) is 11.8 Å². The standard InChI is InChI=1S/C18H32N2O8S/c1-19(2,3)8-11(22)14(17(25)26)10(21)7-13(29)16(24)15(18(27)28)12(23)9-20(4,5)6/h11-15,22-23H,7-9H2,1-6H3,(H-2,25,26,27,28,29). The molecule has 0 amide bonds. The van der Waals surface area contributed by atoms with Gasteiger partial charge >= 0.3 is 0 Å². The number of carbonyl (C=O) groups excluding carboxylic acids is 4. The van der Waals surface area contributed by atoms with E-state index in [0.717, 1.165) is 0 Å². The fourth-order valence-corrected chi connectivity index (χ4v) is 3.27. The maximum atomic E-state index is 12.5. The van der Waals surface area contributed by atoms with E-state index in [1.165, 1.54) is 0 Å². The van der Waals surface area contributed by atoms with Gasteiger partial charge in [-0.05, 0) is 0 Å². The zero-order valence-corrected chi connectivity index (χ0v) is 18.6. The van der Waals surface area contributed by atoms with Crippen LogP contribution in [-0.2, 0) is 19.2 Å². The average Bonchev–Trinajstić information content (AvgIpc) is 2.41. The van der Waals surface area contributed by atoms with E-state index in [2.05, 4.69) is 12.6 Å². The number of carbonyl (C=O) groups is 4. The Labute approximate surface area is 176 Å². The zero-order valence-electron chi connectivity index (χ0n) is 17.7. The van der Waals surface area contributed by atoms with Gasteiger partial charge in [-0.2, -0.15) is 12.6 Å². The number of nitrogens with zero attached hydrogens (tertiary/aromatic N) is 2. The molecule has 0 aromatic heterocycles. The van der Waals surface area contributed by atoms with Crippen molar-refractivity contribution in [2.24, 2.45) is 11.8 Å². The molecule has 168 valence electrons. The Bertz CT molecular complexity index is 626. The van der Waals surface area contributed by atoms with Crippen molar-refractivity contribution in [3.63, 3.8) is 0 Å². The maximum Gasteiger partial charge on any atom is 0.157 e. The van der Waals surface area contributed by atoms with Gasteiger partial charge in [0.05, 0.1) is 71.3 Å². The first-order valence-corrected chi connectivity index (χ1v) is 9.52. The third kappa shape index (κ3) is 9.68. The first-order chi connectivity index (χ1) is 12.9. The van der Waals surface area contributed by atoms with E-state index >= 15 is 0 Å². The quantitative estimate of drug-likeness (QED) is 0.149. The Hall–Kier alpha value is -1.53. The summed E-state index contributed by atoms with van der Waals surface area (Å²) >= 11 is 3.95. The number of aliphatic hydroxyl groups is 2. The van der Waals surface area contributed by atoms with Crippen molar-refractivity contribution in [3.05, 3.63) is 0 Å². The van der Waals surface area contributed by atoms with Crippen LogP contribution in [0.3, 0.4) is 0 Å². The number of likely N-dealkylation sites (N-methyl/N-ethyl adjacent to an activating group) is 2. The first-order valence-electron chi connectivity index (χ1n) is 9.00. The number of aliphatic carboxylic acids is 2. The number of aliphatic hydroxyl groups excluding tert-OH is 2. The SMILES string of the molecule is C[N+](C)(C)CC(O)C(C(=O)[O-])C(=O)CC(S)C(=O)C(C(=O)[O-])C(O)C[N+](C)(C)C. The maximum absolute atomic E-state index is 12.5. The van der Waals surface area contributed by atoms with Gasteiger partial charge in [-0.1, -0.05) is 0 Å². The lowest BCUT2D eigenvalue weighted by Crippen LogP contribution is -2.53. The molecular formula is C18H32N2O8S. The van der Waals surface area contributed by atoms with Gasteiger partial charge in [0, 0.05) is 6.42 Å². The molecule has 0 heterocycles. The van der Waals surface area contributed by atoms with E-state index in [0.29, 0.717) is 0 Å². The summed E-state index contributed by atoms with van der Waals surface area (Å²) in [6.07, 6.45) is -3.89. The van der Waals surface area contributed by atoms with Crippen molar-refractivity contribution < 1.29 is 48.6 Å². The van der Waals surface area contributed by atoms with E-state index in [1.807, 2.05) is 0 Å². The van der Waals surface area contributed by atoms with Gasteiger partial charge in [0.15, 0.2) is 5.78 Å². The zero-order chi connectivity index (χ0) is 23.3. The summed E-state index contributed by atoms with van der Waals surface area (Å²) in [5.41, 5.74) is 0. The normalized spacial score (nSPS) is 17.7. The Kier molecular flexibility index (Phi) is 9.93. The molecule has 29 heavy (non-hydrogen) atoms. The van der Waals surface area contributed by atoms with Crippen LogP contribution < -0.4 is 10.2 Å². The third-order valence-electron chi connectivity index (χ3n) is 4.12. The van der Waals surface area contributed by atoms with Crippen molar-refractivity contribution in [2.45, 2.75) is 23.9 Å². The van der Waals surface area contributed by atoms with Crippen LogP contribution in [-0.4, -0.2) is 116 Å². The molecule has 0 aromatic carbocycles. The monoisotopic (exact) mass is 436 g/mol. The van der Waals surface area contributed by atoms with Gasteiger partial charge in [0.25, 0.3) is 0 Å². The van der Waals surface area contributed by atoms with Crippen molar-refractivity contribution in [1.29, 1.82) is 0 Å². The summed E-state index contributed by atoms with van der Waals surface area (Å²) in [6.45, 7) is -0.151. The lowest BCUT2D eigenvalue weighted by molar-refractivity contribution is -0.873. The molecule has 0 aliphatic heterocycles. The molecular weight excluding hydrogens is 404 g/mol. The molecule has 0 radical (unpaired) electrons. The number of hydrogen-bond donors (Lipinski definition) is 3. The van der Waals surface area contributed by atoms with Gasteiger partial charge < -0.3 is 39.0 Å². The molecule has 0 bridgehead atoms. The number of rotatable bonds is 13. The van der Waals surface area contributed by atoms with Crippen LogP contribution in [0.25, 0.3) is 0 Å². The summed E-state index contributed by atoms with van der Waals surface area (Å²) in [6, 6.07) is 0. The van der Waals surface area contributed by atoms with Crippen LogP contribution in [0.1, 0.15) is 6.42 Å². The van der Waals surface area contributed by atoms with Crippen molar-refractivity contribution in [1.82, 2.24) is 0 Å². The fraction of sp³-hybridized carbons (Fsp3) is 0.778. The fourth-order valence-electron chi connectivity index (χ4n) is 2.92. The van der Waals surface area contributed by atoms with Crippen LogP contribution >= 0.6 is 12.6 Å². The molecule has 10 nitrogen and oxygen atoms in total. The van der Waals surface area contributed by atoms with E-state index in [-0.39, 0.29) is 22.1 Å². The van der Waals surface area contributed by atoms with E-state index in [9.17, 15) is 39.6 Å². The summed E-state index contributed by atoms with van der Waals surface area (Å²) in [5.74, 6) is -9.53. The number of Topliss-reactive ketones (excluding diaryl/α,β-unsaturated/α-hetero) is 2. The molecule has 0 saturated carbocycles. The highest BCUT2D eigenvalue weighted by atomic mass is 32.1. The largest absolute Gasteiger partial charge is 0.549 e. The Balaban J connectivity index is 5.40. The van der Waals surface area contributed by atoms with Crippen LogP contribution in [0.5, 0.6) is 0 Å². The topological polar surface area (TPSA) is 155 Å². The minimum absolute atomic E-state index is 0.0700. The number of ketones is 2. The molecule has 0 fully saturated rings. The van der Waals surface area contributed by atoms with E-state index in [1.54, 1.807) is 42.3 Å². The number of thiol groups is 1. The smallest absolute Gasteiger partial charge is 0.157 e. The molecule has 11 heteroatoms. The predicted molar refractivity (Wildman–Crippen MR) is 102 cm³/mol. The Morgan fingerprint density at radius 1 is 0.793 bits per heavy atom. The Morgan fingerprint density at radius 3 is 1.45 bits per heavy atom. The van der Waals surface area contributed by atoms with Gasteiger partial charge in [-0.15, -0.1) is 0 Å². The summed E-state index contributed by atoms with van der Waals surface area (Å²) in [5, 5.41) is 41.6. The minimum Gasteiger partial charge on any atom is -0.549 e. The molecule has 5 unspecified atom stereocenters. The first kappa shape index (κ1) is 27.5. The Morgan fingerprint density at radius 2 is 1.14 bits per heavy atom. The molecule has 0 aliphatic rings. The molecule has 0 aromatic rings. The van der Waals surface area contributed by atoms with Crippen LogP contribution in [0.4, 0.5) is 0 Å². The van der Waals surface area contributed by atoms with Crippen LogP contribution in [0.15, 0.2) is 0 Å². The lowest BCUT2D eigenvalue weighted by Gasteiger charge is -2.32. The number of quaternary nitrogens is 2. The molecule has 0 spiro atoms. The molecule has 0 saturated heterocycles. The van der Waals surface area contributed by atoms with Crippen molar-refractivity contribution >= 4 is 36.1 Å². The highest BCUT2D eigenvalue weighted by Crippen LogP contribution is 2.19. The highest BCUT2D eigenvalue weighted by Gasteiger charge is 2.38. The average molecular weight is 437 g/mol. The van der Waals surface area contributed by atoms with Gasteiger partial charge in [0.1, 0.15) is 31.1 Å². The minimum atomic E-state index is -1.93. The molecule has 0 rings (SSSR count). The van der Waals surface area contributed by atoms with E-state index < -0.39 is 59.2 Å². The second-order valence-corrected chi connectivity index (χ2v) is 9.89.